The van der Waals surface area contributed by atoms with Crippen LogP contribution in [0.1, 0.15) is 27.2 Å². The van der Waals surface area contributed by atoms with Gasteiger partial charge in [-0.25, -0.2) is 0 Å². The Bertz CT molecular complexity index is 180. The number of allylic oxidation sites excluding steroid dienone is 1. The zero-order valence-corrected chi connectivity index (χ0v) is 7.33. The molecule has 0 fully saturated rings. The highest BCUT2D eigenvalue weighted by molar-refractivity contribution is 5.08. The second kappa shape index (κ2) is 2.32. The minimum Gasteiger partial charge on any atom is -0.362 e. The van der Waals surface area contributed by atoms with Crippen LogP contribution in [0, 0.1) is 11.3 Å². The number of hydrogen-bond acceptors (Lipinski definition) is 2. The normalized spacial score (nSPS) is 33.7. The zero-order chi connectivity index (χ0) is 8.70. The summed E-state index contributed by atoms with van der Waals surface area (Å²) < 4.78 is 0. The minimum absolute atomic E-state index is 0.0922. The van der Waals surface area contributed by atoms with Gasteiger partial charge in [0.05, 0.1) is 0 Å². The van der Waals surface area contributed by atoms with Crippen molar-refractivity contribution in [2.45, 2.75) is 33.0 Å². The highest BCUT2D eigenvalue weighted by atomic mass is 16.5. The third-order valence-electron chi connectivity index (χ3n) is 2.66. The Balaban J connectivity index is 2.84. The molecule has 1 atom stereocenters. The molecule has 0 saturated heterocycles. The van der Waals surface area contributed by atoms with Crippen molar-refractivity contribution in [3.05, 3.63) is 12.2 Å². The summed E-state index contributed by atoms with van der Waals surface area (Å²) in [5, 5.41) is 18.5. The van der Waals surface area contributed by atoms with Crippen molar-refractivity contribution in [1.29, 1.82) is 0 Å². The van der Waals surface area contributed by atoms with Gasteiger partial charge < -0.3 is 10.2 Å². The summed E-state index contributed by atoms with van der Waals surface area (Å²) in [4.78, 5) is 0. The van der Waals surface area contributed by atoms with Crippen LogP contribution >= 0.6 is 0 Å². The van der Waals surface area contributed by atoms with Crippen molar-refractivity contribution >= 4 is 0 Å². The Morgan fingerprint density at radius 1 is 1.27 bits per heavy atom. The maximum atomic E-state index is 9.25. The molecule has 0 spiro atoms. The zero-order valence-electron chi connectivity index (χ0n) is 7.33. The van der Waals surface area contributed by atoms with Crippen LogP contribution in [0.15, 0.2) is 12.2 Å². The molecular formula is C9H16O2. The quantitative estimate of drug-likeness (QED) is 0.410. The van der Waals surface area contributed by atoms with Crippen LogP contribution in [0.2, 0.25) is 0 Å². The summed E-state index contributed by atoms with van der Waals surface area (Å²) in [6.07, 6.45) is 3.78. The third kappa shape index (κ3) is 1.82. The molecule has 1 aliphatic rings. The Kier molecular flexibility index (Phi) is 1.85. The minimum atomic E-state index is -1.57. The van der Waals surface area contributed by atoms with Gasteiger partial charge in [-0.05, 0) is 17.4 Å². The molecule has 0 bridgehead atoms. The number of hydrogen-bond donors (Lipinski definition) is 2. The van der Waals surface area contributed by atoms with E-state index in [1.54, 1.807) is 0 Å². The van der Waals surface area contributed by atoms with Gasteiger partial charge in [0.2, 0.25) is 0 Å². The van der Waals surface area contributed by atoms with E-state index in [0.717, 1.165) is 0 Å². The lowest BCUT2D eigenvalue weighted by Gasteiger charge is -2.37. The Morgan fingerprint density at radius 3 is 2.18 bits per heavy atom. The summed E-state index contributed by atoms with van der Waals surface area (Å²) in [6, 6.07) is 0. The molecule has 1 aliphatic carbocycles. The highest BCUT2D eigenvalue weighted by Gasteiger charge is 2.35. The molecular weight excluding hydrogens is 140 g/mol. The first-order chi connectivity index (χ1) is 4.83. The fourth-order valence-corrected chi connectivity index (χ4v) is 1.29. The molecule has 1 rings (SSSR count). The average Bonchev–Trinajstić information content (AvgIpc) is 1.81. The van der Waals surface area contributed by atoms with E-state index in [4.69, 9.17) is 0 Å². The largest absolute Gasteiger partial charge is 0.362 e. The molecule has 2 N–H and O–H groups in total. The molecule has 0 heterocycles. The van der Waals surface area contributed by atoms with Crippen molar-refractivity contribution in [3.8, 4) is 0 Å². The molecule has 0 saturated carbocycles. The average molecular weight is 156 g/mol. The number of rotatable bonds is 0. The maximum absolute atomic E-state index is 9.25. The molecule has 0 aromatic carbocycles. The van der Waals surface area contributed by atoms with E-state index >= 15 is 0 Å². The van der Waals surface area contributed by atoms with Crippen LogP contribution in [0.5, 0.6) is 0 Å². The van der Waals surface area contributed by atoms with Gasteiger partial charge in [0.15, 0.2) is 5.79 Å². The van der Waals surface area contributed by atoms with E-state index in [-0.39, 0.29) is 5.41 Å². The van der Waals surface area contributed by atoms with E-state index < -0.39 is 5.79 Å². The first-order valence-corrected chi connectivity index (χ1v) is 3.99. The Labute approximate surface area is 67.6 Å². The fourth-order valence-electron chi connectivity index (χ4n) is 1.29. The van der Waals surface area contributed by atoms with E-state index in [2.05, 4.69) is 13.8 Å². The summed E-state index contributed by atoms with van der Waals surface area (Å²) in [6.45, 7) is 6.23. The molecule has 64 valence electrons. The van der Waals surface area contributed by atoms with E-state index in [0.29, 0.717) is 12.3 Å². The topological polar surface area (TPSA) is 40.5 Å². The Hall–Kier alpha value is -0.340. The Morgan fingerprint density at radius 2 is 1.82 bits per heavy atom. The van der Waals surface area contributed by atoms with Gasteiger partial charge in [-0.3, -0.25) is 0 Å². The van der Waals surface area contributed by atoms with Crippen LogP contribution in [-0.4, -0.2) is 16.0 Å². The van der Waals surface area contributed by atoms with E-state index in [1.165, 1.54) is 6.08 Å². The molecule has 2 nitrogen and oxygen atoms in total. The summed E-state index contributed by atoms with van der Waals surface area (Å²) in [5.41, 5.74) is 0.0922. The smallest absolute Gasteiger partial charge is 0.182 e. The van der Waals surface area contributed by atoms with Crippen LogP contribution in [0.25, 0.3) is 0 Å². The second-order valence-corrected chi connectivity index (χ2v) is 4.14. The monoisotopic (exact) mass is 156 g/mol. The lowest BCUT2D eigenvalue weighted by Crippen LogP contribution is -2.37. The van der Waals surface area contributed by atoms with Gasteiger partial charge in [-0.1, -0.05) is 26.8 Å². The van der Waals surface area contributed by atoms with Crippen molar-refractivity contribution in [2.75, 3.05) is 0 Å². The van der Waals surface area contributed by atoms with Gasteiger partial charge in [-0.15, -0.1) is 0 Å². The van der Waals surface area contributed by atoms with Crippen LogP contribution in [0.4, 0.5) is 0 Å². The number of aliphatic hydroxyl groups is 2. The van der Waals surface area contributed by atoms with Gasteiger partial charge in [0, 0.05) is 6.42 Å². The van der Waals surface area contributed by atoms with Crippen molar-refractivity contribution < 1.29 is 10.2 Å². The SMILES string of the molecule is CC1CC(O)(O)C=CC1(C)C. The lowest BCUT2D eigenvalue weighted by molar-refractivity contribution is -0.143. The predicted molar refractivity (Wildman–Crippen MR) is 43.9 cm³/mol. The van der Waals surface area contributed by atoms with Gasteiger partial charge >= 0.3 is 0 Å². The molecule has 2 heteroatoms. The molecule has 0 radical (unpaired) electrons. The highest BCUT2D eigenvalue weighted by Crippen LogP contribution is 2.38. The molecule has 0 aromatic rings. The molecule has 1 unspecified atom stereocenters. The molecule has 0 aromatic heterocycles. The first kappa shape index (κ1) is 8.75. The van der Waals surface area contributed by atoms with Crippen molar-refractivity contribution in [3.63, 3.8) is 0 Å². The summed E-state index contributed by atoms with van der Waals surface area (Å²) in [5.74, 6) is -1.27. The lowest BCUT2D eigenvalue weighted by atomic mass is 9.72. The second-order valence-electron chi connectivity index (χ2n) is 4.14. The van der Waals surface area contributed by atoms with Crippen LogP contribution in [0.3, 0.4) is 0 Å². The fraction of sp³-hybridized carbons (Fsp3) is 0.778. The molecule has 11 heavy (non-hydrogen) atoms. The van der Waals surface area contributed by atoms with Gasteiger partial charge in [-0.2, -0.15) is 0 Å². The predicted octanol–water partition coefficient (Wildman–Crippen LogP) is 1.29. The van der Waals surface area contributed by atoms with Crippen molar-refractivity contribution in [2.24, 2.45) is 11.3 Å². The van der Waals surface area contributed by atoms with E-state index in [9.17, 15) is 10.2 Å². The van der Waals surface area contributed by atoms with Crippen LogP contribution < -0.4 is 0 Å². The standard InChI is InChI=1S/C9H16O2/c1-7-6-9(10,11)5-4-8(7,2)3/h4-5,7,10-11H,6H2,1-3H3. The summed E-state index contributed by atoms with van der Waals surface area (Å²) in [7, 11) is 0. The van der Waals surface area contributed by atoms with E-state index in [1.807, 2.05) is 13.0 Å². The third-order valence-corrected chi connectivity index (χ3v) is 2.66. The summed E-state index contributed by atoms with van der Waals surface area (Å²) >= 11 is 0. The maximum Gasteiger partial charge on any atom is 0.182 e. The first-order valence-electron chi connectivity index (χ1n) is 3.99. The van der Waals surface area contributed by atoms with Gasteiger partial charge in [0.1, 0.15) is 0 Å². The molecule has 0 aliphatic heterocycles. The van der Waals surface area contributed by atoms with Gasteiger partial charge in [0.25, 0.3) is 0 Å². The van der Waals surface area contributed by atoms with Crippen molar-refractivity contribution in [1.82, 2.24) is 0 Å². The molecule has 0 amide bonds. The van der Waals surface area contributed by atoms with Crippen LogP contribution in [-0.2, 0) is 0 Å².